The Morgan fingerprint density at radius 1 is 0.846 bits per heavy atom. The van der Waals surface area contributed by atoms with Gasteiger partial charge in [-0.15, -0.1) is 0 Å². The summed E-state index contributed by atoms with van der Waals surface area (Å²) in [6.45, 7) is 0. The smallest absolute Gasteiger partial charge is 0.126 e. The standard InChI is InChI=1S/C24H33OP/c1-25-23-17-9-8-15-21(23)22-16-10-18-24(22)26(19-11-4-2-5-12-19)20-13-6-3-7-14-20/h8-10,15-17,19-20H,2-7,11-14,18H2,1H3. The van der Waals surface area contributed by atoms with E-state index in [1.54, 1.807) is 5.31 Å². The predicted octanol–water partition coefficient (Wildman–Crippen LogP) is 7.51. The summed E-state index contributed by atoms with van der Waals surface area (Å²) in [5, 5.41) is 1.79. The molecule has 0 spiro atoms. The van der Waals surface area contributed by atoms with Crippen molar-refractivity contribution in [2.24, 2.45) is 0 Å². The SMILES string of the molecule is COc1ccccc1C1=C(P(C2CCCCC2)C2CCCCC2)CC=C1. The van der Waals surface area contributed by atoms with Crippen molar-refractivity contribution in [3.63, 3.8) is 0 Å². The average Bonchev–Trinajstić information content (AvgIpc) is 3.19. The third-order valence-corrected chi connectivity index (χ3v) is 10.2. The lowest BCUT2D eigenvalue weighted by Crippen LogP contribution is -2.21. The Morgan fingerprint density at radius 2 is 1.46 bits per heavy atom. The topological polar surface area (TPSA) is 9.23 Å². The summed E-state index contributed by atoms with van der Waals surface area (Å²) in [6, 6.07) is 8.64. The number of para-hydroxylation sites is 1. The minimum Gasteiger partial charge on any atom is -0.496 e. The lowest BCUT2D eigenvalue weighted by atomic mass is 9.99. The summed E-state index contributed by atoms with van der Waals surface area (Å²) in [5.74, 6) is 1.04. The van der Waals surface area contributed by atoms with Crippen LogP contribution < -0.4 is 4.74 Å². The Kier molecular flexibility index (Phi) is 6.16. The third-order valence-electron chi connectivity index (χ3n) is 6.55. The molecule has 2 fully saturated rings. The first kappa shape index (κ1) is 18.3. The molecular weight excluding hydrogens is 335 g/mol. The number of hydrogen-bond acceptors (Lipinski definition) is 1. The molecule has 0 heterocycles. The number of hydrogen-bond donors (Lipinski definition) is 0. The molecule has 0 N–H and O–H groups in total. The molecule has 0 unspecified atom stereocenters. The monoisotopic (exact) mass is 368 g/mol. The van der Waals surface area contributed by atoms with E-state index in [1.165, 1.54) is 81.8 Å². The van der Waals surface area contributed by atoms with Gasteiger partial charge in [0.05, 0.1) is 7.11 Å². The second-order valence-electron chi connectivity index (χ2n) is 8.16. The summed E-state index contributed by atoms with van der Waals surface area (Å²) in [6.07, 6.45) is 20.7. The van der Waals surface area contributed by atoms with Crippen molar-refractivity contribution in [2.45, 2.75) is 81.9 Å². The first-order chi connectivity index (χ1) is 12.9. The van der Waals surface area contributed by atoms with Gasteiger partial charge >= 0.3 is 0 Å². The number of benzene rings is 1. The highest BCUT2D eigenvalue weighted by molar-refractivity contribution is 7.63. The van der Waals surface area contributed by atoms with E-state index in [2.05, 4.69) is 36.4 Å². The quantitative estimate of drug-likeness (QED) is 0.489. The molecule has 4 rings (SSSR count). The van der Waals surface area contributed by atoms with Crippen LogP contribution >= 0.6 is 7.92 Å². The zero-order chi connectivity index (χ0) is 17.8. The first-order valence-corrected chi connectivity index (χ1v) is 12.2. The minimum atomic E-state index is -0.0169. The van der Waals surface area contributed by atoms with Gasteiger partial charge in [0.1, 0.15) is 5.75 Å². The average molecular weight is 369 g/mol. The maximum Gasteiger partial charge on any atom is 0.126 e. The van der Waals surface area contributed by atoms with Gasteiger partial charge in [-0.3, -0.25) is 0 Å². The van der Waals surface area contributed by atoms with Crippen LogP contribution in [-0.2, 0) is 0 Å². The highest BCUT2D eigenvalue weighted by atomic mass is 31.1. The Hall–Kier alpha value is -1.07. The molecule has 0 atom stereocenters. The van der Waals surface area contributed by atoms with Crippen molar-refractivity contribution in [1.29, 1.82) is 0 Å². The van der Waals surface area contributed by atoms with Crippen molar-refractivity contribution in [3.8, 4) is 5.75 Å². The maximum atomic E-state index is 5.72. The number of methoxy groups -OCH3 is 1. The number of ether oxygens (including phenoxy) is 1. The number of rotatable bonds is 5. The molecule has 0 aromatic heterocycles. The fraction of sp³-hybridized carbons (Fsp3) is 0.583. The molecule has 0 aliphatic heterocycles. The molecule has 0 saturated heterocycles. The zero-order valence-electron chi connectivity index (χ0n) is 16.3. The van der Waals surface area contributed by atoms with Crippen LogP contribution in [0.1, 0.15) is 76.2 Å². The second kappa shape index (κ2) is 8.75. The summed E-state index contributed by atoms with van der Waals surface area (Å²) in [4.78, 5) is 0. The van der Waals surface area contributed by atoms with Crippen LogP contribution in [0.2, 0.25) is 0 Å². The fourth-order valence-electron chi connectivity index (χ4n) is 5.31. The Bertz CT molecular complexity index is 645. The first-order valence-electron chi connectivity index (χ1n) is 10.7. The van der Waals surface area contributed by atoms with E-state index < -0.39 is 0 Å². The van der Waals surface area contributed by atoms with Crippen molar-refractivity contribution in [3.05, 3.63) is 47.3 Å². The van der Waals surface area contributed by atoms with Gasteiger partial charge < -0.3 is 4.74 Å². The largest absolute Gasteiger partial charge is 0.496 e. The molecule has 140 valence electrons. The van der Waals surface area contributed by atoms with E-state index in [4.69, 9.17) is 4.74 Å². The van der Waals surface area contributed by atoms with Gasteiger partial charge in [-0.1, -0.05) is 76.8 Å². The fourth-order valence-corrected chi connectivity index (χ4v) is 9.42. The van der Waals surface area contributed by atoms with Gasteiger partial charge in [-0.2, -0.15) is 0 Å². The van der Waals surface area contributed by atoms with Gasteiger partial charge in [0.15, 0.2) is 0 Å². The molecule has 1 aromatic carbocycles. The molecule has 1 aromatic rings. The molecule has 2 heteroatoms. The lowest BCUT2D eigenvalue weighted by molar-refractivity contribution is 0.413. The second-order valence-corrected chi connectivity index (χ2v) is 11.0. The van der Waals surface area contributed by atoms with E-state index in [-0.39, 0.29) is 7.92 Å². The summed E-state index contributed by atoms with van der Waals surface area (Å²) < 4.78 is 5.72. The maximum absolute atomic E-state index is 5.72. The molecule has 26 heavy (non-hydrogen) atoms. The van der Waals surface area contributed by atoms with E-state index in [1.807, 2.05) is 7.11 Å². The van der Waals surface area contributed by atoms with Crippen molar-refractivity contribution in [2.75, 3.05) is 7.11 Å². The summed E-state index contributed by atoms with van der Waals surface area (Å²) >= 11 is 0. The molecule has 3 aliphatic rings. The molecular formula is C24H33OP. The normalized spacial score (nSPS) is 22.4. The van der Waals surface area contributed by atoms with Crippen LogP contribution in [0, 0.1) is 0 Å². The lowest BCUT2D eigenvalue weighted by Gasteiger charge is -2.40. The zero-order valence-corrected chi connectivity index (χ0v) is 17.1. The van der Waals surface area contributed by atoms with Crippen molar-refractivity contribution < 1.29 is 4.74 Å². The van der Waals surface area contributed by atoms with Crippen LogP contribution in [-0.4, -0.2) is 18.4 Å². The predicted molar refractivity (Wildman–Crippen MR) is 114 cm³/mol. The number of allylic oxidation sites excluding steroid dienone is 4. The van der Waals surface area contributed by atoms with Gasteiger partial charge in [0.2, 0.25) is 0 Å². The highest BCUT2D eigenvalue weighted by Crippen LogP contribution is 2.64. The van der Waals surface area contributed by atoms with Crippen LogP contribution in [0.15, 0.2) is 41.7 Å². The molecule has 3 aliphatic carbocycles. The Morgan fingerprint density at radius 3 is 2.08 bits per heavy atom. The summed E-state index contributed by atoms with van der Waals surface area (Å²) in [7, 11) is 1.79. The minimum absolute atomic E-state index is 0.0169. The molecule has 0 radical (unpaired) electrons. The Labute approximate surface area is 160 Å². The van der Waals surface area contributed by atoms with Gasteiger partial charge in [0, 0.05) is 5.56 Å². The van der Waals surface area contributed by atoms with E-state index in [0.717, 1.165) is 17.1 Å². The van der Waals surface area contributed by atoms with Crippen LogP contribution in [0.4, 0.5) is 0 Å². The van der Waals surface area contributed by atoms with Crippen LogP contribution in [0.5, 0.6) is 5.75 Å². The van der Waals surface area contributed by atoms with E-state index in [0.29, 0.717) is 0 Å². The van der Waals surface area contributed by atoms with Crippen molar-refractivity contribution in [1.82, 2.24) is 0 Å². The summed E-state index contributed by atoms with van der Waals surface area (Å²) in [5.41, 5.74) is 4.77. The molecule has 0 bridgehead atoms. The molecule has 1 nitrogen and oxygen atoms in total. The van der Waals surface area contributed by atoms with Crippen molar-refractivity contribution >= 4 is 13.5 Å². The highest BCUT2D eigenvalue weighted by Gasteiger charge is 2.35. The molecule has 2 saturated carbocycles. The Balaban J connectivity index is 1.73. The van der Waals surface area contributed by atoms with Crippen LogP contribution in [0.3, 0.4) is 0 Å². The van der Waals surface area contributed by atoms with Gasteiger partial charge in [0.25, 0.3) is 0 Å². The molecule has 0 amide bonds. The van der Waals surface area contributed by atoms with Crippen LogP contribution in [0.25, 0.3) is 5.57 Å². The van der Waals surface area contributed by atoms with E-state index in [9.17, 15) is 0 Å². The van der Waals surface area contributed by atoms with E-state index >= 15 is 0 Å². The third kappa shape index (κ3) is 3.79. The van der Waals surface area contributed by atoms with Gasteiger partial charge in [-0.05, 0) is 60.4 Å². The van der Waals surface area contributed by atoms with Gasteiger partial charge in [-0.25, -0.2) is 0 Å².